The molecule has 1 N–H and O–H groups in total. The molecule has 28 heavy (non-hydrogen) atoms. The fourth-order valence-electron chi connectivity index (χ4n) is 4.11. The molecule has 1 aliphatic carbocycles. The van der Waals surface area contributed by atoms with E-state index in [2.05, 4.69) is 37.1 Å². The summed E-state index contributed by atoms with van der Waals surface area (Å²) in [5.74, 6) is -0.311. The van der Waals surface area contributed by atoms with E-state index in [1.807, 2.05) is 25.2 Å². The van der Waals surface area contributed by atoms with E-state index in [0.29, 0.717) is 10.6 Å². The second kappa shape index (κ2) is 8.01. The zero-order valence-corrected chi connectivity index (χ0v) is 17.9. The van der Waals surface area contributed by atoms with Gasteiger partial charge in [0.15, 0.2) is 0 Å². The van der Waals surface area contributed by atoms with Gasteiger partial charge in [-0.2, -0.15) is 5.26 Å². The first kappa shape index (κ1) is 20.5. The lowest BCUT2D eigenvalue weighted by Crippen LogP contribution is -2.42. The Bertz CT molecular complexity index is 886. The molecule has 2 aliphatic rings. The number of anilines is 1. The van der Waals surface area contributed by atoms with Crippen molar-refractivity contribution >= 4 is 34.8 Å². The number of halogens is 1. The van der Waals surface area contributed by atoms with Crippen LogP contribution >= 0.6 is 11.6 Å². The van der Waals surface area contributed by atoms with E-state index in [9.17, 15) is 10.1 Å². The van der Waals surface area contributed by atoms with Crippen LogP contribution in [0.2, 0.25) is 5.02 Å². The summed E-state index contributed by atoms with van der Waals surface area (Å²) in [5.41, 5.74) is 3.97. The van der Waals surface area contributed by atoms with Crippen molar-refractivity contribution in [2.75, 3.05) is 11.9 Å². The van der Waals surface area contributed by atoms with Crippen LogP contribution in [0.15, 0.2) is 23.8 Å². The SMILES string of the molecule is CC1=CC(C)(C)N(C)c2cc(Cl)c(/C=C(/C#N)C(=O)NC3CCCCC3)cc21. The van der Waals surface area contributed by atoms with Gasteiger partial charge in [-0.15, -0.1) is 0 Å². The van der Waals surface area contributed by atoms with Gasteiger partial charge in [0.25, 0.3) is 5.91 Å². The fraction of sp³-hybridized carbons (Fsp3) is 0.478. The third-order valence-electron chi connectivity index (χ3n) is 5.94. The molecule has 1 heterocycles. The number of likely N-dealkylation sites (N-methyl/N-ethyl adjacent to an activating group) is 1. The van der Waals surface area contributed by atoms with Crippen molar-refractivity contribution in [1.29, 1.82) is 5.26 Å². The summed E-state index contributed by atoms with van der Waals surface area (Å²) in [6.45, 7) is 6.39. The minimum absolute atomic E-state index is 0.0959. The minimum Gasteiger partial charge on any atom is -0.365 e. The lowest BCUT2D eigenvalue weighted by Gasteiger charge is -2.40. The van der Waals surface area contributed by atoms with Crippen LogP contribution in [0.3, 0.4) is 0 Å². The smallest absolute Gasteiger partial charge is 0.262 e. The molecule has 1 saturated carbocycles. The number of allylic oxidation sites excluding steroid dienone is 1. The number of carbonyl (C=O) groups excluding carboxylic acids is 1. The number of hydrogen-bond donors (Lipinski definition) is 1. The Kier molecular flexibility index (Phi) is 5.86. The van der Waals surface area contributed by atoms with Gasteiger partial charge in [0, 0.05) is 29.4 Å². The summed E-state index contributed by atoms with van der Waals surface area (Å²) in [6.07, 6.45) is 9.26. The molecule has 0 aromatic heterocycles. The van der Waals surface area contributed by atoms with E-state index >= 15 is 0 Å². The van der Waals surface area contributed by atoms with Crippen molar-refractivity contribution in [2.24, 2.45) is 0 Å². The maximum Gasteiger partial charge on any atom is 0.262 e. The van der Waals surface area contributed by atoms with Gasteiger partial charge in [0.05, 0.1) is 5.54 Å². The zero-order chi connectivity index (χ0) is 20.5. The van der Waals surface area contributed by atoms with Crippen molar-refractivity contribution < 1.29 is 4.79 Å². The van der Waals surface area contributed by atoms with Gasteiger partial charge in [-0.1, -0.05) is 36.9 Å². The number of hydrogen-bond acceptors (Lipinski definition) is 3. The summed E-state index contributed by atoms with van der Waals surface area (Å²) >= 11 is 6.53. The number of nitriles is 1. The van der Waals surface area contributed by atoms with E-state index in [4.69, 9.17) is 11.6 Å². The Labute approximate surface area is 172 Å². The first-order chi connectivity index (χ1) is 13.2. The highest BCUT2D eigenvalue weighted by Gasteiger charge is 2.29. The van der Waals surface area contributed by atoms with Crippen molar-refractivity contribution in [2.45, 2.75) is 64.5 Å². The standard InChI is InChI=1S/C23H28ClN3O/c1-15-13-23(2,3)27(4)21-12-20(24)16(11-19(15)21)10-17(14-25)22(28)26-18-8-6-5-7-9-18/h10-13,18H,5-9H2,1-4H3,(H,26,28)/b17-10-. The van der Waals surface area contributed by atoms with Crippen LogP contribution in [0.25, 0.3) is 11.6 Å². The van der Waals surface area contributed by atoms with Crippen molar-refractivity contribution in [3.05, 3.63) is 39.9 Å². The van der Waals surface area contributed by atoms with Crippen molar-refractivity contribution in [3.63, 3.8) is 0 Å². The summed E-state index contributed by atoms with van der Waals surface area (Å²) in [4.78, 5) is 14.8. The van der Waals surface area contributed by atoms with Gasteiger partial charge in [-0.25, -0.2) is 0 Å². The Morgan fingerprint density at radius 3 is 2.64 bits per heavy atom. The predicted molar refractivity (Wildman–Crippen MR) is 116 cm³/mol. The van der Waals surface area contributed by atoms with E-state index in [0.717, 1.165) is 42.5 Å². The molecule has 1 aliphatic heterocycles. The number of nitrogens with zero attached hydrogens (tertiary/aromatic N) is 2. The highest BCUT2D eigenvalue weighted by atomic mass is 35.5. The van der Waals surface area contributed by atoms with Gasteiger partial charge in [-0.3, -0.25) is 4.79 Å². The number of amides is 1. The molecule has 0 saturated heterocycles. The number of nitrogens with one attached hydrogen (secondary N) is 1. The van der Waals surface area contributed by atoms with Crippen LogP contribution in [0.1, 0.15) is 64.0 Å². The van der Waals surface area contributed by atoms with Gasteiger partial charge in [-0.05, 0) is 63.0 Å². The van der Waals surface area contributed by atoms with Gasteiger partial charge >= 0.3 is 0 Å². The van der Waals surface area contributed by atoms with E-state index < -0.39 is 0 Å². The molecular formula is C23H28ClN3O. The second-order valence-electron chi connectivity index (χ2n) is 8.41. The molecule has 3 rings (SSSR count). The molecule has 1 aromatic carbocycles. The molecule has 5 heteroatoms. The number of fused-ring (bicyclic) bond motifs is 1. The topological polar surface area (TPSA) is 56.1 Å². The molecule has 0 bridgehead atoms. The fourth-order valence-corrected chi connectivity index (χ4v) is 4.32. The summed E-state index contributed by atoms with van der Waals surface area (Å²) in [6, 6.07) is 6.11. The molecule has 148 valence electrons. The molecule has 0 radical (unpaired) electrons. The first-order valence-corrected chi connectivity index (χ1v) is 10.3. The van der Waals surface area contributed by atoms with Crippen molar-refractivity contribution in [3.8, 4) is 6.07 Å². The molecule has 4 nitrogen and oxygen atoms in total. The highest BCUT2D eigenvalue weighted by Crippen LogP contribution is 2.40. The summed E-state index contributed by atoms with van der Waals surface area (Å²) in [7, 11) is 2.05. The molecule has 1 amide bonds. The van der Waals surface area contributed by atoms with Crippen LogP contribution in [0.4, 0.5) is 5.69 Å². The van der Waals surface area contributed by atoms with Crippen LogP contribution in [-0.4, -0.2) is 24.5 Å². The Hall–Kier alpha value is -2.25. The zero-order valence-electron chi connectivity index (χ0n) is 17.1. The maximum absolute atomic E-state index is 12.6. The number of rotatable bonds is 3. The summed E-state index contributed by atoms with van der Waals surface area (Å²) < 4.78 is 0. The third kappa shape index (κ3) is 4.10. The van der Waals surface area contributed by atoms with Gasteiger partial charge < -0.3 is 10.2 Å². The Balaban J connectivity index is 1.91. The predicted octanol–water partition coefficient (Wildman–Crippen LogP) is 5.33. The quantitative estimate of drug-likeness (QED) is 0.554. The van der Waals surface area contributed by atoms with Crippen LogP contribution in [0, 0.1) is 11.3 Å². The average molecular weight is 398 g/mol. The normalized spacial score (nSPS) is 19.5. The molecule has 1 fully saturated rings. The van der Waals surface area contributed by atoms with E-state index in [-0.39, 0.29) is 23.1 Å². The van der Waals surface area contributed by atoms with Crippen LogP contribution < -0.4 is 10.2 Å². The lowest BCUT2D eigenvalue weighted by molar-refractivity contribution is -0.117. The van der Waals surface area contributed by atoms with E-state index in [1.165, 1.54) is 6.42 Å². The third-order valence-corrected chi connectivity index (χ3v) is 6.27. The molecular weight excluding hydrogens is 370 g/mol. The van der Waals surface area contributed by atoms with Crippen LogP contribution in [-0.2, 0) is 4.79 Å². The number of carbonyl (C=O) groups is 1. The first-order valence-electron chi connectivity index (χ1n) is 9.93. The Morgan fingerprint density at radius 1 is 1.32 bits per heavy atom. The van der Waals surface area contributed by atoms with E-state index in [1.54, 1.807) is 6.08 Å². The monoisotopic (exact) mass is 397 g/mol. The van der Waals surface area contributed by atoms with Crippen molar-refractivity contribution in [1.82, 2.24) is 5.32 Å². The number of benzene rings is 1. The summed E-state index contributed by atoms with van der Waals surface area (Å²) in [5, 5.41) is 13.1. The highest BCUT2D eigenvalue weighted by molar-refractivity contribution is 6.32. The van der Waals surface area contributed by atoms with Gasteiger partial charge in [0.1, 0.15) is 11.6 Å². The maximum atomic E-state index is 12.6. The average Bonchev–Trinajstić information content (AvgIpc) is 2.65. The molecule has 0 atom stereocenters. The van der Waals surface area contributed by atoms with Crippen LogP contribution in [0.5, 0.6) is 0 Å². The molecule has 0 unspecified atom stereocenters. The lowest BCUT2D eigenvalue weighted by atomic mass is 9.88. The largest absolute Gasteiger partial charge is 0.365 e. The molecule has 1 aromatic rings. The minimum atomic E-state index is -0.311. The molecule has 0 spiro atoms. The second-order valence-corrected chi connectivity index (χ2v) is 8.82. The Morgan fingerprint density at radius 2 is 2.00 bits per heavy atom. The van der Waals surface area contributed by atoms with Gasteiger partial charge in [0.2, 0.25) is 0 Å².